The molecule has 86 valence electrons. The molecule has 4 nitrogen and oxygen atoms in total. The van der Waals surface area contributed by atoms with Gasteiger partial charge in [-0.1, -0.05) is 34.1 Å². The van der Waals surface area contributed by atoms with Crippen molar-refractivity contribution in [2.75, 3.05) is 0 Å². The van der Waals surface area contributed by atoms with Crippen molar-refractivity contribution >= 4 is 15.9 Å². The Labute approximate surface area is 107 Å². The summed E-state index contributed by atoms with van der Waals surface area (Å²) in [4.78, 5) is 4.51. The molecule has 1 aliphatic rings. The molecule has 1 aliphatic carbocycles. The minimum atomic E-state index is -0.343. The minimum Gasteiger partial charge on any atom is -0.319 e. The van der Waals surface area contributed by atoms with E-state index in [1.165, 1.54) is 0 Å². The van der Waals surface area contributed by atoms with Crippen molar-refractivity contribution in [2.45, 2.75) is 18.4 Å². The van der Waals surface area contributed by atoms with Gasteiger partial charge in [-0.15, -0.1) is 5.10 Å². The highest BCUT2D eigenvalue weighted by molar-refractivity contribution is 9.10. The third-order valence-electron chi connectivity index (χ3n) is 2.94. The van der Waals surface area contributed by atoms with Crippen molar-refractivity contribution in [2.24, 2.45) is 5.73 Å². The summed E-state index contributed by atoms with van der Waals surface area (Å²) in [5.41, 5.74) is 7.55. The van der Waals surface area contributed by atoms with E-state index in [1.54, 1.807) is 6.20 Å². The van der Waals surface area contributed by atoms with Gasteiger partial charge >= 0.3 is 0 Å². The van der Waals surface area contributed by atoms with E-state index in [0.29, 0.717) is 5.82 Å². The van der Waals surface area contributed by atoms with E-state index >= 15 is 0 Å². The Morgan fingerprint density at radius 1 is 1.24 bits per heavy atom. The fourth-order valence-electron chi connectivity index (χ4n) is 1.67. The molecule has 0 atom stereocenters. The molecule has 0 unspecified atom stereocenters. The summed E-state index contributed by atoms with van der Waals surface area (Å²) in [5.74, 6) is 0.644. The topological polar surface area (TPSA) is 64.7 Å². The number of nitrogens with two attached hydrogens (primary N) is 1. The maximum Gasteiger partial charge on any atom is 0.171 e. The quantitative estimate of drug-likeness (QED) is 0.921. The molecule has 0 aliphatic heterocycles. The second-order valence-electron chi connectivity index (χ2n) is 4.30. The molecule has 0 radical (unpaired) electrons. The molecule has 3 rings (SSSR count). The molecule has 1 fully saturated rings. The summed E-state index contributed by atoms with van der Waals surface area (Å²) >= 11 is 3.50. The van der Waals surface area contributed by atoms with Crippen molar-refractivity contribution in [3.05, 3.63) is 40.8 Å². The number of rotatable bonds is 2. The Morgan fingerprint density at radius 3 is 2.71 bits per heavy atom. The van der Waals surface area contributed by atoms with E-state index in [9.17, 15) is 0 Å². The van der Waals surface area contributed by atoms with Crippen molar-refractivity contribution in [1.82, 2.24) is 15.2 Å². The summed E-state index contributed by atoms with van der Waals surface area (Å²) in [6, 6.07) is 7.91. The molecule has 1 aromatic carbocycles. The highest BCUT2D eigenvalue weighted by atomic mass is 79.9. The van der Waals surface area contributed by atoms with E-state index in [0.717, 1.165) is 28.6 Å². The zero-order chi connectivity index (χ0) is 11.9. The molecular weight excluding hydrogens is 280 g/mol. The van der Waals surface area contributed by atoms with Crippen LogP contribution in [-0.2, 0) is 5.54 Å². The zero-order valence-electron chi connectivity index (χ0n) is 9.10. The average molecular weight is 291 g/mol. The summed E-state index contributed by atoms with van der Waals surface area (Å²) in [6.07, 6.45) is 3.54. The van der Waals surface area contributed by atoms with E-state index in [4.69, 9.17) is 5.73 Å². The fraction of sp³-hybridized carbons (Fsp3) is 0.250. The minimum absolute atomic E-state index is 0.343. The third kappa shape index (κ3) is 1.96. The Bertz CT molecular complexity index is 566. The summed E-state index contributed by atoms with van der Waals surface area (Å²) < 4.78 is 0.994. The predicted molar refractivity (Wildman–Crippen MR) is 68.1 cm³/mol. The molecule has 0 bridgehead atoms. The van der Waals surface area contributed by atoms with Crippen molar-refractivity contribution < 1.29 is 0 Å². The maximum absolute atomic E-state index is 6.08. The van der Waals surface area contributed by atoms with Crippen molar-refractivity contribution in [1.29, 1.82) is 0 Å². The van der Waals surface area contributed by atoms with Gasteiger partial charge in [-0.3, -0.25) is 0 Å². The summed E-state index contributed by atoms with van der Waals surface area (Å²) in [5, 5.41) is 8.02. The highest BCUT2D eigenvalue weighted by Gasteiger charge is 2.43. The standard InChI is InChI=1S/C12H11BrN4/c13-9-4-2-1-3-8(9)10-7-15-17-11(16-10)12(14)5-6-12/h1-4,7H,5-6,14H2. The first-order chi connectivity index (χ1) is 8.19. The van der Waals surface area contributed by atoms with Crippen LogP contribution in [0.25, 0.3) is 11.3 Å². The molecule has 0 spiro atoms. The van der Waals surface area contributed by atoms with Gasteiger partial charge in [-0.05, 0) is 18.9 Å². The molecule has 5 heteroatoms. The number of hydrogen-bond acceptors (Lipinski definition) is 4. The first-order valence-corrected chi connectivity index (χ1v) is 6.22. The van der Waals surface area contributed by atoms with Gasteiger partial charge < -0.3 is 5.73 Å². The van der Waals surface area contributed by atoms with Crippen LogP contribution in [0.3, 0.4) is 0 Å². The first-order valence-electron chi connectivity index (χ1n) is 5.43. The second kappa shape index (κ2) is 3.85. The number of hydrogen-bond donors (Lipinski definition) is 1. The number of nitrogens with zero attached hydrogens (tertiary/aromatic N) is 3. The molecule has 1 saturated carbocycles. The molecule has 2 aromatic rings. The Morgan fingerprint density at radius 2 is 2.00 bits per heavy atom. The molecule has 2 N–H and O–H groups in total. The number of benzene rings is 1. The molecule has 1 aromatic heterocycles. The molecule has 0 amide bonds. The van der Waals surface area contributed by atoms with Gasteiger partial charge in [-0.25, -0.2) is 4.98 Å². The van der Waals surface area contributed by atoms with Crippen LogP contribution in [0.1, 0.15) is 18.7 Å². The van der Waals surface area contributed by atoms with Gasteiger partial charge in [0.1, 0.15) is 0 Å². The molecule has 17 heavy (non-hydrogen) atoms. The van der Waals surface area contributed by atoms with Gasteiger partial charge in [0.2, 0.25) is 0 Å². The van der Waals surface area contributed by atoms with Gasteiger partial charge in [0, 0.05) is 10.0 Å². The lowest BCUT2D eigenvalue weighted by Crippen LogP contribution is -2.22. The average Bonchev–Trinajstić information content (AvgIpc) is 3.10. The summed E-state index contributed by atoms with van der Waals surface area (Å²) in [6.45, 7) is 0. The predicted octanol–water partition coefficient (Wildman–Crippen LogP) is 2.25. The maximum atomic E-state index is 6.08. The second-order valence-corrected chi connectivity index (χ2v) is 5.16. The van der Waals surface area contributed by atoms with Gasteiger partial charge in [0.05, 0.1) is 17.4 Å². The van der Waals surface area contributed by atoms with Crippen LogP contribution in [0.5, 0.6) is 0 Å². The lowest BCUT2D eigenvalue weighted by atomic mass is 10.1. The van der Waals surface area contributed by atoms with Crippen LogP contribution in [-0.4, -0.2) is 15.2 Å². The molecule has 1 heterocycles. The van der Waals surface area contributed by atoms with Crippen LogP contribution >= 0.6 is 15.9 Å². The first kappa shape index (κ1) is 10.8. The monoisotopic (exact) mass is 290 g/mol. The third-order valence-corrected chi connectivity index (χ3v) is 3.63. The smallest absolute Gasteiger partial charge is 0.171 e. The van der Waals surface area contributed by atoms with Crippen LogP contribution in [0, 0.1) is 0 Å². The normalized spacial score (nSPS) is 16.8. The highest BCUT2D eigenvalue weighted by Crippen LogP contribution is 2.41. The number of halogens is 1. The van der Waals surface area contributed by atoms with E-state index < -0.39 is 0 Å². The Hall–Kier alpha value is -1.33. The molecular formula is C12H11BrN4. The van der Waals surface area contributed by atoms with Crippen LogP contribution in [0.2, 0.25) is 0 Å². The van der Waals surface area contributed by atoms with Crippen LogP contribution < -0.4 is 5.73 Å². The largest absolute Gasteiger partial charge is 0.319 e. The fourth-order valence-corrected chi connectivity index (χ4v) is 2.16. The lowest BCUT2D eigenvalue weighted by molar-refractivity contribution is 0.650. The van der Waals surface area contributed by atoms with E-state index in [-0.39, 0.29) is 5.54 Å². The lowest BCUT2D eigenvalue weighted by Gasteiger charge is -2.08. The van der Waals surface area contributed by atoms with Gasteiger partial charge in [0.15, 0.2) is 5.82 Å². The van der Waals surface area contributed by atoms with Crippen molar-refractivity contribution in [3.8, 4) is 11.3 Å². The Kier molecular flexibility index (Phi) is 2.45. The van der Waals surface area contributed by atoms with E-state index in [2.05, 4.69) is 31.1 Å². The zero-order valence-corrected chi connectivity index (χ0v) is 10.7. The van der Waals surface area contributed by atoms with Crippen molar-refractivity contribution in [3.63, 3.8) is 0 Å². The van der Waals surface area contributed by atoms with E-state index in [1.807, 2.05) is 24.3 Å². The summed E-state index contributed by atoms with van der Waals surface area (Å²) in [7, 11) is 0. The van der Waals surface area contributed by atoms with Crippen LogP contribution in [0.4, 0.5) is 0 Å². The number of aromatic nitrogens is 3. The van der Waals surface area contributed by atoms with Gasteiger partial charge in [-0.2, -0.15) is 5.10 Å². The Balaban J connectivity index is 2.07. The molecule has 0 saturated heterocycles. The van der Waals surface area contributed by atoms with Gasteiger partial charge in [0.25, 0.3) is 0 Å². The SMILES string of the molecule is NC1(c2nncc(-c3ccccc3Br)n2)CC1. The van der Waals surface area contributed by atoms with Crippen LogP contribution in [0.15, 0.2) is 34.9 Å².